The molecule has 0 N–H and O–H groups in total. The molecular formula is C23H27N3O3S. The van der Waals surface area contributed by atoms with Crippen molar-refractivity contribution in [1.82, 2.24) is 14.9 Å². The van der Waals surface area contributed by atoms with E-state index in [4.69, 9.17) is 9.15 Å². The minimum atomic E-state index is -0.0976. The molecule has 0 aliphatic carbocycles. The third-order valence-corrected chi connectivity index (χ3v) is 6.58. The van der Waals surface area contributed by atoms with Gasteiger partial charge in [0.2, 0.25) is 11.8 Å². The van der Waals surface area contributed by atoms with E-state index >= 15 is 0 Å². The molecule has 1 aliphatic rings. The summed E-state index contributed by atoms with van der Waals surface area (Å²) in [6.07, 6.45) is 5.78. The van der Waals surface area contributed by atoms with Crippen molar-refractivity contribution in [3.8, 4) is 5.75 Å². The van der Waals surface area contributed by atoms with Crippen LogP contribution in [-0.4, -0.2) is 34.4 Å². The van der Waals surface area contributed by atoms with Crippen molar-refractivity contribution in [2.45, 2.75) is 52.0 Å². The zero-order valence-electron chi connectivity index (χ0n) is 17.7. The standard InChI is InChI=1S/C23H27N3O3S/c1-15-21(30-16(2)25-15)13-22(27)26-10-5-4-9-20(26)23-24-14-19(29-23)12-17-7-6-8-18(11-17)28-3/h6-8,11,14,20H,4-5,9-10,12-13H2,1-3H3/t20-/m0/s1. The first kappa shape index (κ1) is 20.6. The molecule has 3 heterocycles. The molecule has 0 bridgehead atoms. The number of carbonyl (C=O) groups excluding carboxylic acids is 1. The summed E-state index contributed by atoms with van der Waals surface area (Å²) in [4.78, 5) is 25.1. The molecule has 1 atom stereocenters. The van der Waals surface area contributed by atoms with E-state index < -0.39 is 0 Å². The second-order valence-corrected chi connectivity index (χ2v) is 9.00. The molecule has 1 aromatic carbocycles. The highest BCUT2D eigenvalue weighted by Gasteiger charge is 2.31. The fourth-order valence-corrected chi connectivity index (χ4v) is 4.93. The van der Waals surface area contributed by atoms with Crippen LogP contribution in [0.5, 0.6) is 5.75 Å². The van der Waals surface area contributed by atoms with Gasteiger partial charge in [0.05, 0.1) is 30.4 Å². The van der Waals surface area contributed by atoms with Crippen molar-refractivity contribution >= 4 is 17.2 Å². The van der Waals surface area contributed by atoms with Crippen LogP contribution >= 0.6 is 11.3 Å². The number of thiazole rings is 1. The molecule has 1 aliphatic heterocycles. The Kier molecular flexibility index (Phi) is 6.18. The highest BCUT2D eigenvalue weighted by atomic mass is 32.1. The molecule has 4 rings (SSSR count). The molecule has 3 aromatic rings. The SMILES string of the molecule is COc1cccc(Cc2cnc([C@@H]3CCCCN3C(=O)Cc3sc(C)nc3C)o2)c1. The Morgan fingerprint density at radius 2 is 2.20 bits per heavy atom. The number of carbonyl (C=O) groups is 1. The summed E-state index contributed by atoms with van der Waals surface area (Å²) in [5, 5.41) is 1.00. The first-order chi connectivity index (χ1) is 14.5. The molecule has 1 saturated heterocycles. The molecule has 158 valence electrons. The van der Waals surface area contributed by atoms with Crippen molar-refractivity contribution in [3.63, 3.8) is 0 Å². The van der Waals surface area contributed by atoms with Crippen LogP contribution in [0.1, 0.15) is 58.1 Å². The van der Waals surface area contributed by atoms with Crippen LogP contribution in [0.3, 0.4) is 0 Å². The Hall–Kier alpha value is -2.67. The number of amides is 1. The predicted octanol–water partition coefficient (Wildman–Crippen LogP) is 4.64. The summed E-state index contributed by atoms with van der Waals surface area (Å²) in [6.45, 7) is 4.69. The van der Waals surface area contributed by atoms with Gasteiger partial charge in [0.15, 0.2) is 0 Å². The van der Waals surface area contributed by atoms with Crippen LogP contribution in [0, 0.1) is 13.8 Å². The number of ether oxygens (including phenoxy) is 1. The number of aromatic nitrogens is 2. The second kappa shape index (κ2) is 9.00. The van der Waals surface area contributed by atoms with Gasteiger partial charge in [-0.2, -0.15) is 0 Å². The van der Waals surface area contributed by atoms with Gasteiger partial charge in [-0.3, -0.25) is 4.79 Å². The van der Waals surface area contributed by atoms with Crippen LogP contribution in [-0.2, 0) is 17.6 Å². The van der Waals surface area contributed by atoms with Gasteiger partial charge in [0, 0.05) is 17.8 Å². The molecule has 30 heavy (non-hydrogen) atoms. The summed E-state index contributed by atoms with van der Waals surface area (Å²) in [5.74, 6) is 2.38. The van der Waals surface area contributed by atoms with E-state index in [2.05, 4.69) is 9.97 Å². The monoisotopic (exact) mass is 425 g/mol. The van der Waals surface area contributed by atoms with Crippen LogP contribution in [0.15, 0.2) is 34.9 Å². The van der Waals surface area contributed by atoms with Gasteiger partial charge in [-0.25, -0.2) is 9.97 Å². The van der Waals surface area contributed by atoms with Gasteiger partial charge in [0.1, 0.15) is 17.6 Å². The zero-order chi connectivity index (χ0) is 21.1. The normalized spacial score (nSPS) is 16.6. The third-order valence-electron chi connectivity index (χ3n) is 5.50. The van der Waals surface area contributed by atoms with E-state index in [-0.39, 0.29) is 11.9 Å². The molecule has 0 spiro atoms. The van der Waals surface area contributed by atoms with Crippen molar-refractivity contribution in [2.75, 3.05) is 13.7 Å². The van der Waals surface area contributed by atoms with Gasteiger partial charge in [-0.1, -0.05) is 12.1 Å². The first-order valence-electron chi connectivity index (χ1n) is 10.3. The lowest BCUT2D eigenvalue weighted by Gasteiger charge is -2.33. The summed E-state index contributed by atoms with van der Waals surface area (Å²) in [6, 6.07) is 7.83. The molecule has 0 radical (unpaired) electrons. The van der Waals surface area contributed by atoms with Crippen molar-refractivity contribution < 1.29 is 13.9 Å². The highest BCUT2D eigenvalue weighted by Crippen LogP contribution is 2.32. The maximum Gasteiger partial charge on any atom is 0.228 e. The smallest absolute Gasteiger partial charge is 0.228 e. The number of oxazole rings is 1. The number of hydrogen-bond acceptors (Lipinski definition) is 6. The maximum atomic E-state index is 13.1. The first-order valence-corrected chi connectivity index (χ1v) is 11.1. The number of likely N-dealkylation sites (tertiary alicyclic amines) is 1. The molecule has 0 saturated carbocycles. The topological polar surface area (TPSA) is 68.5 Å². The lowest BCUT2D eigenvalue weighted by Crippen LogP contribution is -2.39. The Morgan fingerprint density at radius 3 is 2.97 bits per heavy atom. The number of aryl methyl sites for hydroxylation is 2. The summed E-state index contributed by atoms with van der Waals surface area (Å²) >= 11 is 1.60. The number of hydrogen-bond donors (Lipinski definition) is 0. The van der Waals surface area contributed by atoms with E-state index in [1.807, 2.05) is 43.0 Å². The van der Waals surface area contributed by atoms with Crippen molar-refractivity contribution in [2.24, 2.45) is 0 Å². The van der Waals surface area contributed by atoms with E-state index in [9.17, 15) is 4.79 Å². The lowest BCUT2D eigenvalue weighted by molar-refractivity contribution is -0.134. The molecule has 6 nitrogen and oxygen atoms in total. The van der Waals surface area contributed by atoms with Gasteiger partial charge >= 0.3 is 0 Å². The van der Waals surface area contributed by atoms with Gasteiger partial charge < -0.3 is 14.1 Å². The highest BCUT2D eigenvalue weighted by molar-refractivity contribution is 7.11. The van der Waals surface area contributed by atoms with Crippen LogP contribution in [0.25, 0.3) is 0 Å². The van der Waals surface area contributed by atoms with E-state index in [1.54, 1.807) is 24.6 Å². The summed E-state index contributed by atoms with van der Waals surface area (Å²) in [5.41, 5.74) is 2.06. The third kappa shape index (κ3) is 4.56. The number of rotatable bonds is 6. The largest absolute Gasteiger partial charge is 0.497 e. The minimum Gasteiger partial charge on any atom is -0.497 e. The zero-order valence-corrected chi connectivity index (χ0v) is 18.5. The molecule has 1 fully saturated rings. The molecule has 1 amide bonds. The van der Waals surface area contributed by atoms with E-state index in [1.165, 1.54) is 0 Å². The quantitative estimate of drug-likeness (QED) is 0.575. The van der Waals surface area contributed by atoms with Crippen LogP contribution in [0.4, 0.5) is 0 Å². The van der Waals surface area contributed by atoms with Gasteiger partial charge in [-0.05, 0) is 50.8 Å². The Labute approximate surface area is 180 Å². The number of piperidine rings is 1. The average Bonchev–Trinajstić information content (AvgIpc) is 3.33. The van der Waals surface area contributed by atoms with E-state index in [0.717, 1.165) is 58.5 Å². The summed E-state index contributed by atoms with van der Waals surface area (Å²) in [7, 11) is 1.66. The fraction of sp³-hybridized carbons (Fsp3) is 0.435. The molecule has 7 heteroatoms. The number of nitrogens with zero attached hydrogens (tertiary/aromatic N) is 3. The Bertz CT molecular complexity index is 1030. The number of benzene rings is 1. The van der Waals surface area contributed by atoms with Crippen molar-refractivity contribution in [1.29, 1.82) is 0 Å². The predicted molar refractivity (Wildman–Crippen MR) is 116 cm³/mol. The fourth-order valence-electron chi connectivity index (χ4n) is 4.01. The molecule has 0 unspecified atom stereocenters. The average molecular weight is 426 g/mol. The van der Waals surface area contributed by atoms with Gasteiger partial charge in [0.25, 0.3) is 0 Å². The lowest BCUT2D eigenvalue weighted by atomic mass is 10.0. The maximum absolute atomic E-state index is 13.1. The Morgan fingerprint density at radius 1 is 1.33 bits per heavy atom. The van der Waals surface area contributed by atoms with Crippen molar-refractivity contribution in [3.05, 3.63) is 63.3 Å². The Balaban J connectivity index is 1.48. The summed E-state index contributed by atoms with van der Waals surface area (Å²) < 4.78 is 11.4. The number of methoxy groups -OCH3 is 1. The second-order valence-electron chi connectivity index (χ2n) is 7.71. The molecular weight excluding hydrogens is 398 g/mol. The van der Waals surface area contributed by atoms with Gasteiger partial charge in [-0.15, -0.1) is 11.3 Å². The molecule has 2 aromatic heterocycles. The van der Waals surface area contributed by atoms with Crippen LogP contribution < -0.4 is 4.74 Å². The van der Waals surface area contributed by atoms with Crippen LogP contribution in [0.2, 0.25) is 0 Å². The minimum absolute atomic E-state index is 0.0976. The van der Waals surface area contributed by atoms with E-state index in [0.29, 0.717) is 18.7 Å².